The average Bonchev–Trinajstić information content (AvgIpc) is 3.39. The number of phenols is 1. The van der Waals surface area contributed by atoms with E-state index in [-0.39, 0.29) is 5.75 Å². The highest BCUT2D eigenvalue weighted by Crippen LogP contribution is 2.47. The van der Waals surface area contributed by atoms with Crippen molar-refractivity contribution in [3.8, 4) is 5.75 Å². The van der Waals surface area contributed by atoms with Gasteiger partial charge in [0, 0.05) is 49.4 Å². The first-order chi connectivity index (χ1) is 19.8. The molecular weight excluding hydrogens is 508 g/mol. The number of anilines is 6. The summed E-state index contributed by atoms with van der Waals surface area (Å²) in [6.07, 6.45) is 0. The molecule has 0 saturated carbocycles. The summed E-state index contributed by atoms with van der Waals surface area (Å²) in [6, 6.07) is 51.8. The fourth-order valence-electron chi connectivity index (χ4n) is 5.39. The molecule has 0 aliphatic heterocycles. The van der Waals surface area contributed by atoms with E-state index in [1.54, 1.807) is 11.3 Å². The second kappa shape index (κ2) is 10.3. The van der Waals surface area contributed by atoms with Crippen molar-refractivity contribution in [1.82, 2.24) is 0 Å². The molecule has 3 nitrogen and oxygen atoms in total. The Morgan fingerprint density at radius 3 is 1.55 bits per heavy atom. The summed E-state index contributed by atoms with van der Waals surface area (Å²) in [5.41, 5.74) is 5.87. The Bertz CT molecular complexity index is 1880. The molecule has 192 valence electrons. The lowest BCUT2D eigenvalue weighted by Gasteiger charge is -2.30. The number of thiophene rings is 1. The van der Waals surface area contributed by atoms with Gasteiger partial charge in [0.1, 0.15) is 5.75 Å². The van der Waals surface area contributed by atoms with Gasteiger partial charge < -0.3 is 14.9 Å². The maximum atomic E-state index is 11.2. The number of fused-ring (bicyclic) bond motifs is 3. The van der Waals surface area contributed by atoms with Crippen LogP contribution in [-0.4, -0.2) is 5.11 Å². The van der Waals surface area contributed by atoms with Gasteiger partial charge in [-0.15, -0.1) is 11.3 Å². The first kappa shape index (κ1) is 24.0. The lowest BCUT2D eigenvalue weighted by Crippen LogP contribution is -2.13. The van der Waals surface area contributed by atoms with Crippen LogP contribution in [0.25, 0.3) is 20.2 Å². The number of rotatable bonds is 6. The Hall–Kier alpha value is -5.06. The molecular formula is C36H26N2OS. The van der Waals surface area contributed by atoms with E-state index in [0.29, 0.717) is 0 Å². The summed E-state index contributed by atoms with van der Waals surface area (Å²) in [4.78, 5) is 4.42. The molecule has 0 radical (unpaired) electrons. The van der Waals surface area contributed by atoms with E-state index in [1.165, 1.54) is 20.2 Å². The molecule has 0 aliphatic carbocycles. The average molecular weight is 535 g/mol. The standard InChI is InChI=1S/C36H26N2OS/c39-31-24-29(37(26-13-4-1-5-14-26)27-15-6-2-7-16-27)23-30(25-31)38(28-17-8-3-9-18-28)33-20-12-22-35-36(33)32-19-10-11-21-34(32)40-35/h1-25,39H. The van der Waals surface area contributed by atoms with Crippen molar-refractivity contribution in [3.63, 3.8) is 0 Å². The van der Waals surface area contributed by atoms with Crippen molar-refractivity contribution in [2.24, 2.45) is 0 Å². The normalized spacial score (nSPS) is 11.1. The zero-order valence-corrected chi connectivity index (χ0v) is 22.5. The largest absolute Gasteiger partial charge is 0.508 e. The fourth-order valence-corrected chi connectivity index (χ4v) is 6.51. The Labute approximate surface area is 237 Å². The highest BCUT2D eigenvalue weighted by Gasteiger charge is 2.21. The van der Waals surface area contributed by atoms with Gasteiger partial charge in [-0.2, -0.15) is 0 Å². The van der Waals surface area contributed by atoms with Crippen LogP contribution in [0.5, 0.6) is 5.75 Å². The molecule has 1 N–H and O–H groups in total. The molecule has 0 unspecified atom stereocenters. The summed E-state index contributed by atoms with van der Waals surface area (Å²) >= 11 is 1.81. The third-order valence-electron chi connectivity index (χ3n) is 7.07. The maximum absolute atomic E-state index is 11.2. The molecule has 0 bridgehead atoms. The minimum absolute atomic E-state index is 0.202. The number of phenolic OH excluding ortho intramolecular Hbond substituents is 1. The van der Waals surface area contributed by atoms with Crippen molar-refractivity contribution in [2.45, 2.75) is 0 Å². The first-order valence-electron chi connectivity index (χ1n) is 13.3. The highest BCUT2D eigenvalue weighted by molar-refractivity contribution is 7.26. The minimum Gasteiger partial charge on any atom is -0.508 e. The fraction of sp³-hybridized carbons (Fsp3) is 0. The van der Waals surface area contributed by atoms with Crippen LogP contribution in [0.1, 0.15) is 0 Å². The van der Waals surface area contributed by atoms with Crippen molar-refractivity contribution in [1.29, 1.82) is 0 Å². The predicted octanol–water partition coefficient (Wildman–Crippen LogP) is 10.7. The number of hydrogen-bond donors (Lipinski definition) is 1. The summed E-state index contributed by atoms with van der Waals surface area (Å²) < 4.78 is 2.49. The molecule has 0 spiro atoms. The molecule has 0 aliphatic rings. The van der Waals surface area contributed by atoms with Gasteiger partial charge in [0.2, 0.25) is 0 Å². The van der Waals surface area contributed by atoms with E-state index < -0.39 is 0 Å². The Morgan fingerprint density at radius 1 is 0.425 bits per heavy atom. The van der Waals surface area contributed by atoms with Crippen LogP contribution < -0.4 is 9.80 Å². The molecule has 0 atom stereocenters. The molecule has 4 heteroatoms. The van der Waals surface area contributed by atoms with Gasteiger partial charge in [0.15, 0.2) is 0 Å². The molecule has 1 aromatic heterocycles. The predicted molar refractivity (Wildman–Crippen MR) is 170 cm³/mol. The molecule has 0 amide bonds. The summed E-state index contributed by atoms with van der Waals surface area (Å²) in [6.45, 7) is 0. The number of benzene rings is 6. The van der Waals surface area contributed by atoms with Crippen molar-refractivity contribution < 1.29 is 5.11 Å². The van der Waals surface area contributed by atoms with E-state index in [9.17, 15) is 5.11 Å². The van der Waals surface area contributed by atoms with Gasteiger partial charge in [0.25, 0.3) is 0 Å². The smallest absolute Gasteiger partial charge is 0.119 e. The second-order valence-electron chi connectivity index (χ2n) is 9.63. The SMILES string of the molecule is Oc1cc(N(c2ccccc2)c2ccccc2)cc(N(c2ccccc2)c2cccc3sc4ccccc4c23)c1. The molecule has 0 fully saturated rings. The van der Waals surface area contributed by atoms with Crippen molar-refractivity contribution in [2.75, 3.05) is 9.80 Å². The van der Waals surface area contributed by atoms with Crippen LogP contribution in [0.15, 0.2) is 152 Å². The summed E-state index contributed by atoms with van der Waals surface area (Å²) in [5.74, 6) is 0.202. The van der Waals surface area contributed by atoms with Crippen LogP contribution >= 0.6 is 11.3 Å². The lowest BCUT2D eigenvalue weighted by molar-refractivity contribution is 0.475. The van der Waals surface area contributed by atoms with Gasteiger partial charge in [-0.05, 0) is 60.7 Å². The van der Waals surface area contributed by atoms with Gasteiger partial charge in [-0.1, -0.05) is 78.9 Å². The third kappa shape index (κ3) is 4.35. The van der Waals surface area contributed by atoms with Gasteiger partial charge >= 0.3 is 0 Å². The molecule has 1 heterocycles. The van der Waals surface area contributed by atoms with Crippen LogP contribution in [0.2, 0.25) is 0 Å². The molecule has 40 heavy (non-hydrogen) atoms. The number of aromatic hydroxyl groups is 1. The zero-order chi connectivity index (χ0) is 26.9. The lowest BCUT2D eigenvalue weighted by atomic mass is 10.1. The first-order valence-corrected chi connectivity index (χ1v) is 14.1. The third-order valence-corrected chi connectivity index (χ3v) is 8.20. The Kier molecular flexibility index (Phi) is 6.15. The van der Waals surface area contributed by atoms with Gasteiger partial charge in [-0.25, -0.2) is 0 Å². The number of para-hydroxylation sites is 3. The molecule has 0 saturated heterocycles. The number of nitrogens with zero attached hydrogens (tertiary/aromatic N) is 2. The summed E-state index contributed by atoms with van der Waals surface area (Å²) in [5, 5.41) is 13.6. The topological polar surface area (TPSA) is 26.7 Å². The molecule has 6 aromatic carbocycles. The highest BCUT2D eigenvalue weighted by atomic mass is 32.1. The van der Waals surface area contributed by atoms with E-state index in [2.05, 4.69) is 107 Å². The van der Waals surface area contributed by atoms with E-state index in [1.807, 2.05) is 54.6 Å². The van der Waals surface area contributed by atoms with E-state index in [4.69, 9.17) is 0 Å². The Balaban J connectivity index is 1.48. The number of hydrogen-bond acceptors (Lipinski definition) is 4. The Morgan fingerprint density at radius 2 is 0.925 bits per heavy atom. The van der Waals surface area contributed by atoms with Crippen LogP contribution in [-0.2, 0) is 0 Å². The van der Waals surface area contributed by atoms with Crippen molar-refractivity contribution in [3.05, 3.63) is 152 Å². The monoisotopic (exact) mass is 534 g/mol. The molecule has 7 rings (SSSR count). The van der Waals surface area contributed by atoms with Crippen LogP contribution in [0.4, 0.5) is 34.1 Å². The van der Waals surface area contributed by atoms with Crippen LogP contribution in [0, 0.1) is 0 Å². The van der Waals surface area contributed by atoms with Gasteiger partial charge in [-0.3, -0.25) is 0 Å². The second-order valence-corrected chi connectivity index (χ2v) is 10.7. The molecule has 7 aromatic rings. The van der Waals surface area contributed by atoms with Crippen LogP contribution in [0.3, 0.4) is 0 Å². The van der Waals surface area contributed by atoms with Crippen molar-refractivity contribution >= 4 is 65.6 Å². The quantitative estimate of drug-likeness (QED) is 0.230. The zero-order valence-electron chi connectivity index (χ0n) is 21.7. The maximum Gasteiger partial charge on any atom is 0.119 e. The van der Waals surface area contributed by atoms with Gasteiger partial charge in [0.05, 0.1) is 17.1 Å². The summed E-state index contributed by atoms with van der Waals surface area (Å²) in [7, 11) is 0. The minimum atomic E-state index is 0.202. The van der Waals surface area contributed by atoms with E-state index in [0.717, 1.165) is 34.1 Å². The van der Waals surface area contributed by atoms with E-state index >= 15 is 0 Å².